The first-order valence-corrected chi connectivity index (χ1v) is 8.43. The van der Waals surface area contributed by atoms with E-state index in [1.54, 1.807) is 30.3 Å². The lowest BCUT2D eigenvalue weighted by molar-refractivity contribution is -0.142. The van der Waals surface area contributed by atoms with Crippen LogP contribution in [0.15, 0.2) is 30.3 Å². The van der Waals surface area contributed by atoms with Crippen LogP contribution in [-0.4, -0.2) is 36.4 Å². The first-order chi connectivity index (χ1) is 9.92. The van der Waals surface area contributed by atoms with Gasteiger partial charge in [-0.3, -0.25) is 4.79 Å². The van der Waals surface area contributed by atoms with Crippen molar-refractivity contribution in [2.75, 3.05) is 5.75 Å². The number of carbonyl (C=O) groups is 2. The first kappa shape index (κ1) is 15.5. The summed E-state index contributed by atoms with van der Waals surface area (Å²) in [5.74, 6) is -1.97. The van der Waals surface area contributed by atoms with Crippen molar-refractivity contribution in [3.05, 3.63) is 35.9 Å². The van der Waals surface area contributed by atoms with Gasteiger partial charge in [0.15, 0.2) is 15.9 Å². The molecule has 2 rings (SSSR count). The zero-order valence-electron chi connectivity index (χ0n) is 11.4. The Labute approximate surface area is 123 Å². The summed E-state index contributed by atoms with van der Waals surface area (Å²) in [4.78, 5) is 23.5. The van der Waals surface area contributed by atoms with Gasteiger partial charge in [0, 0.05) is 0 Å². The topological polar surface area (TPSA) is 101 Å². The highest BCUT2D eigenvalue weighted by atomic mass is 32.2. The predicted molar refractivity (Wildman–Crippen MR) is 76.4 cm³/mol. The van der Waals surface area contributed by atoms with Crippen molar-refractivity contribution in [2.24, 2.45) is 0 Å². The fraction of sp³-hybridized carbons (Fsp3) is 0.429. The van der Waals surface area contributed by atoms with Gasteiger partial charge in [0.05, 0.1) is 5.75 Å². The number of sulfone groups is 1. The number of benzene rings is 1. The average Bonchev–Trinajstić information content (AvgIpc) is 2.44. The van der Waals surface area contributed by atoms with E-state index in [2.05, 4.69) is 5.32 Å². The zero-order chi connectivity index (χ0) is 15.5. The molecule has 0 aliphatic carbocycles. The third kappa shape index (κ3) is 3.60. The smallest absolute Gasteiger partial charge is 0.330 e. The minimum Gasteiger partial charge on any atom is -0.479 e. The summed E-state index contributed by atoms with van der Waals surface area (Å²) >= 11 is 0. The number of hydrogen-bond acceptors (Lipinski definition) is 4. The third-order valence-corrected chi connectivity index (χ3v) is 5.71. The summed E-state index contributed by atoms with van der Waals surface area (Å²) in [7, 11) is -3.48. The summed E-state index contributed by atoms with van der Waals surface area (Å²) in [5.41, 5.74) is 0.409. The van der Waals surface area contributed by atoms with Gasteiger partial charge in [-0.05, 0) is 18.4 Å². The van der Waals surface area contributed by atoms with Gasteiger partial charge in [0.2, 0.25) is 5.91 Å². The van der Waals surface area contributed by atoms with Gasteiger partial charge in [0.25, 0.3) is 0 Å². The summed E-state index contributed by atoms with van der Waals surface area (Å²) in [6.45, 7) is 0. The molecule has 2 atom stereocenters. The van der Waals surface area contributed by atoms with Crippen LogP contribution in [0.3, 0.4) is 0 Å². The lowest BCUT2D eigenvalue weighted by atomic mass is 10.1. The van der Waals surface area contributed by atoms with Crippen LogP contribution in [0.4, 0.5) is 0 Å². The third-order valence-electron chi connectivity index (χ3n) is 3.54. The second-order valence-electron chi connectivity index (χ2n) is 5.04. The SMILES string of the molecule is O=C(N[C@H](C(=O)O)c1ccccc1)C1CCCCS1(=O)=O. The van der Waals surface area contributed by atoms with E-state index in [0.29, 0.717) is 18.4 Å². The molecule has 6 nitrogen and oxygen atoms in total. The number of aliphatic carboxylic acids is 1. The standard InChI is InChI=1S/C14H17NO5S/c16-13(11-8-4-5-9-21(11,19)20)15-12(14(17)18)10-6-2-1-3-7-10/h1-3,6-7,11-12H,4-5,8-9H2,(H,15,16)(H,17,18)/t11?,12-/m0/s1. The van der Waals surface area contributed by atoms with Crippen molar-refractivity contribution in [1.82, 2.24) is 5.32 Å². The molecule has 21 heavy (non-hydrogen) atoms. The van der Waals surface area contributed by atoms with Crippen molar-refractivity contribution in [2.45, 2.75) is 30.6 Å². The van der Waals surface area contributed by atoms with E-state index in [1.165, 1.54) is 0 Å². The van der Waals surface area contributed by atoms with E-state index in [-0.39, 0.29) is 12.2 Å². The Bertz CT molecular complexity index is 626. The van der Waals surface area contributed by atoms with Crippen LogP contribution in [0.2, 0.25) is 0 Å². The second kappa shape index (κ2) is 6.26. The van der Waals surface area contributed by atoms with E-state index in [9.17, 15) is 23.1 Å². The van der Waals surface area contributed by atoms with Crippen LogP contribution in [-0.2, 0) is 19.4 Å². The van der Waals surface area contributed by atoms with E-state index in [1.807, 2.05) is 0 Å². The molecule has 1 amide bonds. The number of rotatable bonds is 4. The van der Waals surface area contributed by atoms with E-state index >= 15 is 0 Å². The fourth-order valence-corrected chi connectivity index (χ4v) is 4.23. The molecular weight excluding hydrogens is 294 g/mol. The highest BCUT2D eigenvalue weighted by Crippen LogP contribution is 2.21. The number of amides is 1. The Balaban J connectivity index is 2.18. The molecule has 1 saturated heterocycles. The largest absolute Gasteiger partial charge is 0.479 e. The number of carbonyl (C=O) groups excluding carboxylic acids is 1. The van der Waals surface area contributed by atoms with Crippen molar-refractivity contribution >= 4 is 21.7 Å². The highest BCUT2D eigenvalue weighted by molar-refractivity contribution is 7.92. The average molecular weight is 311 g/mol. The molecule has 1 fully saturated rings. The van der Waals surface area contributed by atoms with Crippen LogP contribution in [0.1, 0.15) is 30.9 Å². The molecular formula is C14H17NO5S. The maximum Gasteiger partial charge on any atom is 0.330 e. The molecule has 7 heteroatoms. The second-order valence-corrected chi connectivity index (χ2v) is 7.34. The van der Waals surface area contributed by atoms with Crippen LogP contribution in [0.5, 0.6) is 0 Å². The van der Waals surface area contributed by atoms with Gasteiger partial charge < -0.3 is 10.4 Å². The van der Waals surface area contributed by atoms with E-state index < -0.39 is 33.0 Å². The number of nitrogens with one attached hydrogen (secondary N) is 1. The Morgan fingerprint density at radius 2 is 1.86 bits per heavy atom. The minimum atomic E-state index is -3.48. The quantitative estimate of drug-likeness (QED) is 0.860. The lowest BCUT2D eigenvalue weighted by Crippen LogP contribution is -2.45. The maximum absolute atomic E-state index is 12.1. The van der Waals surface area contributed by atoms with Gasteiger partial charge in [-0.15, -0.1) is 0 Å². The number of carboxylic acid groups (broad SMARTS) is 1. The van der Waals surface area contributed by atoms with Gasteiger partial charge in [-0.2, -0.15) is 0 Å². The molecule has 0 bridgehead atoms. The van der Waals surface area contributed by atoms with Gasteiger partial charge in [-0.25, -0.2) is 13.2 Å². The first-order valence-electron chi connectivity index (χ1n) is 6.71. The minimum absolute atomic E-state index is 0.0197. The van der Waals surface area contributed by atoms with Crippen LogP contribution >= 0.6 is 0 Å². The Kier molecular flexibility index (Phi) is 4.62. The fourth-order valence-electron chi connectivity index (χ4n) is 2.42. The summed E-state index contributed by atoms with van der Waals surface area (Å²) < 4.78 is 23.8. The molecule has 0 spiro atoms. The van der Waals surface area contributed by atoms with E-state index in [4.69, 9.17) is 0 Å². The summed E-state index contributed by atoms with van der Waals surface area (Å²) in [5, 5.41) is 10.4. The molecule has 2 N–H and O–H groups in total. The molecule has 1 aromatic rings. The van der Waals surface area contributed by atoms with Gasteiger partial charge in [0.1, 0.15) is 5.25 Å². The predicted octanol–water partition coefficient (Wildman–Crippen LogP) is 0.896. The van der Waals surface area contributed by atoms with E-state index in [0.717, 1.165) is 0 Å². The Hall–Kier alpha value is -1.89. The van der Waals surface area contributed by atoms with Gasteiger partial charge in [-0.1, -0.05) is 36.8 Å². The molecule has 114 valence electrons. The van der Waals surface area contributed by atoms with Crippen molar-refractivity contribution in [1.29, 1.82) is 0 Å². The van der Waals surface area contributed by atoms with Crippen LogP contribution in [0.25, 0.3) is 0 Å². The summed E-state index contributed by atoms with van der Waals surface area (Å²) in [6.07, 6.45) is 1.45. The molecule has 0 aromatic heterocycles. The van der Waals surface area contributed by atoms with Crippen LogP contribution in [0, 0.1) is 0 Å². The molecule has 0 radical (unpaired) electrons. The van der Waals surface area contributed by atoms with Gasteiger partial charge >= 0.3 is 5.97 Å². The highest BCUT2D eigenvalue weighted by Gasteiger charge is 2.36. The number of carboxylic acids is 1. The van der Waals surface area contributed by atoms with Crippen LogP contribution < -0.4 is 5.32 Å². The molecule has 1 heterocycles. The molecule has 1 aliphatic heterocycles. The molecule has 1 unspecified atom stereocenters. The van der Waals surface area contributed by atoms with Crippen molar-refractivity contribution in [3.63, 3.8) is 0 Å². The Morgan fingerprint density at radius 3 is 2.43 bits per heavy atom. The molecule has 0 saturated carbocycles. The monoisotopic (exact) mass is 311 g/mol. The number of hydrogen-bond donors (Lipinski definition) is 2. The lowest BCUT2D eigenvalue weighted by Gasteiger charge is -2.23. The maximum atomic E-state index is 12.1. The molecule has 1 aromatic carbocycles. The van der Waals surface area contributed by atoms with Crippen molar-refractivity contribution < 1.29 is 23.1 Å². The normalized spacial score (nSPS) is 22.2. The van der Waals surface area contributed by atoms with Crippen molar-refractivity contribution in [3.8, 4) is 0 Å². The molecule has 1 aliphatic rings. The summed E-state index contributed by atoms with van der Waals surface area (Å²) in [6, 6.07) is 6.97. The Morgan fingerprint density at radius 1 is 1.19 bits per heavy atom. The zero-order valence-corrected chi connectivity index (χ0v) is 12.2.